The lowest BCUT2D eigenvalue weighted by Crippen LogP contribution is -1.97. The maximum absolute atomic E-state index is 5.67. The van der Waals surface area contributed by atoms with Gasteiger partial charge >= 0.3 is 0 Å². The van der Waals surface area contributed by atoms with Crippen LogP contribution in [0.15, 0.2) is 6.07 Å². The van der Waals surface area contributed by atoms with Crippen LogP contribution in [-0.2, 0) is 7.05 Å². The number of anilines is 2. The largest absolute Gasteiger partial charge is 0.384 e. The van der Waals surface area contributed by atoms with Crippen molar-refractivity contribution in [3.05, 3.63) is 11.9 Å². The first-order chi connectivity index (χ1) is 6.09. The van der Waals surface area contributed by atoms with Crippen LogP contribution >= 0.6 is 0 Å². The van der Waals surface area contributed by atoms with Crippen molar-refractivity contribution >= 4 is 22.7 Å². The molecule has 2 rings (SSSR count). The number of nitrogens with zero attached hydrogens (tertiary/aromatic N) is 3. The Kier molecular flexibility index (Phi) is 1.42. The van der Waals surface area contributed by atoms with E-state index in [0.717, 1.165) is 11.3 Å². The predicted molar refractivity (Wildman–Crippen MR) is 52.1 cm³/mol. The molecule has 5 heteroatoms. The molecule has 2 heterocycles. The number of imidazole rings is 1. The molecule has 0 saturated carbocycles. The molecule has 0 spiro atoms. The highest BCUT2D eigenvalue weighted by molar-refractivity contribution is 5.87. The summed E-state index contributed by atoms with van der Waals surface area (Å²) >= 11 is 0. The fourth-order valence-corrected chi connectivity index (χ4v) is 1.35. The number of rotatable bonds is 0. The summed E-state index contributed by atoms with van der Waals surface area (Å²) in [5, 5.41) is 0. The molecule has 0 bridgehead atoms. The third-order valence-electron chi connectivity index (χ3n) is 2.14. The van der Waals surface area contributed by atoms with Crippen LogP contribution in [0.5, 0.6) is 0 Å². The first-order valence-corrected chi connectivity index (χ1v) is 3.94. The molecule has 2 aromatic rings. The van der Waals surface area contributed by atoms with Crippen molar-refractivity contribution in [3.63, 3.8) is 0 Å². The van der Waals surface area contributed by atoms with E-state index in [-0.39, 0.29) is 0 Å². The standard InChI is InChI=1S/C8H11N5/c1-4-11-7-5(13(4)2)3-6(9)12-8(7)10/h3H,1-2H3,(H4,9,10,12). The van der Waals surface area contributed by atoms with Crippen LogP contribution in [0.4, 0.5) is 11.6 Å². The first kappa shape index (κ1) is 7.85. The topological polar surface area (TPSA) is 82.8 Å². The molecule has 0 aliphatic carbocycles. The van der Waals surface area contributed by atoms with Crippen molar-refractivity contribution < 1.29 is 0 Å². The minimum atomic E-state index is 0.388. The molecule has 5 nitrogen and oxygen atoms in total. The molecule has 0 unspecified atom stereocenters. The molecule has 0 amide bonds. The molecule has 0 radical (unpaired) electrons. The number of aromatic nitrogens is 3. The fourth-order valence-electron chi connectivity index (χ4n) is 1.35. The highest BCUT2D eigenvalue weighted by Crippen LogP contribution is 2.20. The number of aryl methyl sites for hydroxylation is 2. The second-order valence-corrected chi connectivity index (χ2v) is 3.02. The van der Waals surface area contributed by atoms with Crippen molar-refractivity contribution in [2.24, 2.45) is 7.05 Å². The molecule has 0 aliphatic heterocycles. The summed E-state index contributed by atoms with van der Waals surface area (Å²) in [6.07, 6.45) is 0. The lowest BCUT2D eigenvalue weighted by atomic mass is 10.3. The molecule has 13 heavy (non-hydrogen) atoms. The second-order valence-electron chi connectivity index (χ2n) is 3.02. The predicted octanol–water partition coefficient (Wildman–Crippen LogP) is 0.441. The Bertz CT molecular complexity index is 471. The van der Waals surface area contributed by atoms with Crippen LogP contribution < -0.4 is 11.5 Å². The Balaban J connectivity index is 2.94. The summed E-state index contributed by atoms with van der Waals surface area (Å²) in [5.74, 6) is 1.71. The van der Waals surface area contributed by atoms with Gasteiger partial charge in [0.2, 0.25) is 0 Å². The molecule has 4 N–H and O–H groups in total. The van der Waals surface area contributed by atoms with Crippen molar-refractivity contribution in [1.29, 1.82) is 0 Å². The Labute approximate surface area is 75.4 Å². The van der Waals surface area contributed by atoms with Crippen LogP contribution in [-0.4, -0.2) is 14.5 Å². The van der Waals surface area contributed by atoms with Crippen molar-refractivity contribution in [3.8, 4) is 0 Å². The van der Waals surface area contributed by atoms with E-state index in [9.17, 15) is 0 Å². The smallest absolute Gasteiger partial charge is 0.154 e. The van der Waals surface area contributed by atoms with Crippen molar-refractivity contribution in [1.82, 2.24) is 14.5 Å². The third kappa shape index (κ3) is 1.00. The van der Waals surface area contributed by atoms with Gasteiger partial charge in [-0.05, 0) is 6.92 Å². The van der Waals surface area contributed by atoms with Gasteiger partial charge in [0.15, 0.2) is 5.82 Å². The van der Waals surface area contributed by atoms with E-state index in [1.54, 1.807) is 6.07 Å². The molecule has 0 aliphatic rings. The summed E-state index contributed by atoms with van der Waals surface area (Å²) in [7, 11) is 1.92. The second kappa shape index (κ2) is 2.35. The molecule has 0 fully saturated rings. The van der Waals surface area contributed by atoms with Gasteiger partial charge in [0.25, 0.3) is 0 Å². The van der Waals surface area contributed by atoms with Crippen LogP contribution in [0.1, 0.15) is 5.82 Å². The molecule has 0 saturated heterocycles. The Morgan fingerprint density at radius 1 is 1.31 bits per heavy atom. The molecule has 68 valence electrons. The van der Waals surface area contributed by atoms with Crippen molar-refractivity contribution in [2.45, 2.75) is 6.92 Å². The summed E-state index contributed by atoms with van der Waals surface area (Å²) in [4.78, 5) is 8.21. The number of fused-ring (bicyclic) bond motifs is 1. The van der Waals surface area contributed by atoms with Gasteiger partial charge in [-0.1, -0.05) is 0 Å². The number of pyridine rings is 1. The summed E-state index contributed by atoms with van der Waals surface area (Å²) in [6, 6.07) is 1.77. The average molecular weight is 177 g/mol. The number of nitrogen functional groups attached to an aromatic ring is 2. The van der Waals surface area contributed by atoms with Gasteiger partial charge in [0.05, 0.1) is 5.52 Å². The zero-order chi connectivity index (χ0) is 9.59. The molecule has 2 aromatic heterocycles. The fraction of sp³-hybridized carbons (Fsp3) is 0.250. The van der Waals surface area contributed by atoms with Crippen LogP contribution in [0.2, 0.25) is 0 Å². The normalized spacial score (nSPS) is 10.9. The van der Waals surface area contributed by atoms with Crippen LogP contribution in [0.3, 0.4) is 0 Å². The number of hydrogen-bond acceptors (Lipinski definition) is 4. The molecular formula is C8H11N5. The third-order valence-corrected chi connectivity index (χ3v) is 2.14. The lowest BCUT2D eigenvalue weighted by Gasteiger charge is -1.98. The van der Waals surface area contributed by atoms with Crippen LogP contribution in [0.25, 0.3) is 11.0 Å². The molecule has 0 atom stereocenters. The molecular weight excluding hydrogens is 166 g/mol. The minimum absolute atomic E-state index is 0.388. The zero-order valence-corrected chi connectivity index (χ0v) is 7.57. The summed E-state index contributed by atoms with van der Waals surface area (Å²) < 4.78 is 1.93. The lowest BCUT2D eigenvalue weighted by molar-refractivity contribution is 0.886. The van der Waals surface area contributed by atoms with E-state index in [1.807, 2.05) is 18.5 Å². The molecule has 0 aromatic carbocycles. The monoisotopic (exact) mass is 177 g/mol. The summed E-state index contributed by atoms with van der Waals surface area (Å²) in [5.41, 5.74) is 12.9. The van der Waals surface area contributed by atoms with E-state index in [0.29, 0.717) is 17.2 Å². The van der Waals surface area contributed by atoms with Gasteiger partial charge in [-0.15, -0.1) is 0 Å². The number of hydrogen-bond donors (Lipinski definition) is 2. The highest BCUT2D eigenvalue weighted by atomic mass is 15.1. The summed E-state index contributed by atoms with van der Waals surface area (Å²) in [6.45, 7) is 1.91. The van der Waals surface area contributed by atoms with Gasteiger partial charge in [-0.25, -0.2) is 9.97 Å². The van der Waals surface area contributed by atoms with E-state index in [1.165, 1.54) is 0 Å². The quantitative estimate of drug-likeness (QED) is 0.611. The van der Waals surface area contributed by atoms with E-state index in [4.69, 9.17) is 11.5 Å². The highest BCUT2D eigenvalue weighted by Gasteiger charge is 2.08. The van der Waals surface area contributed by atoms with Crippen LogP contribution in [0, 0.1) is 6.92 Å². The van der Waals surface area contributed by atoms with Gasteiger partial charge in [0.1, 0.15) is 17.2 Å². The first-order valence-electron chi connectivity index (χ1n) is 3.94. The zero-order valence-electron chi connectivity index (χ0n) is 7.57. The van der Waals surface area contributed by atoms with E-state index < -0.39 is 0 Å². The Morgan fingerprint density at radius 3 is 2.69 bits per heavy atom. The van der Waals surface area contributed by atoms with Crippen molar-refractivity contribution in [2.75, 3.05) is 11.5 Å². The van der Waals surface area contributed by atoms with E-state index in [2.05, 4.69) is 9.97 Å². The van der Waals surface area contributed by atoms with E-state index >= 15 is 0 Å². The van der Waals surface area contributed by atoms with Gasteiger partial charge < -0.3 is 16.0 Å². The Morgan fingerprint density at radius 2 is 2.00 bits per heavy atom. The van der Waals surface area contributed by atoms with Gasteiger partial charge in [-0.2, -0.15) is 0 Å². The Hall–Kier alpha value is -1.78. The minimum Gasteiger partial charge on any atom is -0.384 e. The average Bonchev–Trinajstić information content (AvgIpc) is 2.32. The SMILES string of the molecule is Cc1nc2c(N)nc(N)cc2n1C. The number of nitrogens with two attached hydrogens (primary N) is 2. The maximum Gasteiger partial charge on any atom is 0.154 e. The maximum atomic E-state index is 5.67. The van der Waals surface area contributed by atoms with Gasteiger partial charge in [-0.3, -0.25) is 0 Å². The van der Waals surface area contributed by atoms with Gasteiger partial charge in [0, 0.05) is 13.1 Å².